The van der Waals surface area contributed by atoms with Gasteiger partial charge in [-0.1, -0.05) is 117 Å². The monoisotopic (exact) mass is 394 g/mol. The molecule has 0 bridgehead atoms. The number of unbranched alkanes of at least 4 members (excludes halogenated alkanes) is 14. The van der Waals surface area contributed by atoms with Crippen molar-refractivity contribution in [1.29, 1.82) is 0 Å². The van der Waals surface area contributed by atoms with Crippen molar-refractivity contribution in [3.8, 4) is 0 Å². The van der Waals surface area contributed by atoms with Crippen LogP contribution in [0.2, 0.25) is 0 Å². The summed E-state index contributed by atoms with van der Waals surface area (Å²) in [4.78, 5) is 0. The molecule has 0 spiro atoms. The Morgan fingerprint density at radius 3 is 0.929 bits per heavy atom. The van der Waals surface area contributed by atoms with E-state index >= 15 is 0 Å². The Morgan fingerprint density at radius 1 is 0.393 bits per heavy atom. The van der Waals surface area contributed by atoms with Gasteiger partial charge in [0.25, 0.3) is 0 Å². The molecule has 0 atom stereocenters. The number of rotatable bonds is 20. The molecule has 0 N–H and O–H groups in total. The zero-order chi connectivity index (χ0) is 21.1. The molecule has 0 aliphatic rings. The molecule has 0 saturated heterocycles. The van der Waals surface area contributed by atoms with Gasteiger partial charge in [0.15, 0.2) is 0 Å². The van der Waals surface area contributed by atoms with Crippen LogP contribution in [0.15, 0.2) is 10.2 Å². The van der Waals surface area contributed by atoms with Gasteiger partial charge >= 0.3 is 0 Å². The summed E-state index contributed by atoms with van der Waals surface area (Å²) in [6.07, 6.45) is 24.4. The van der Waals surface area contributed by atoms with Gasteiger partial charge in [-0.05, 0) is 40.5 Å². The Bertz CT molecular complexity index is 323. The van der Waals surface area contributed by atoms with Crippen LogP contribution in [-0.2, 0) is 0 Å². The van der Waals surface area contributed by atoms with Gasteiger partial charge in [0.2, 0.25) is 0 Å². The summed E-state index contributed by atoms with van der Waals surface area (Å²) in [5.74, 6) is 0. The van der Waals surface area contributed by atoms with E-state index in [9.17, 15) is 0 Å². The fourth-order valence-corrected chi connectivity index (χ4v) is 3.75. The van der Waals surface area contributed by atoms with Crippen LogP contribution in [0.1, 0.15) is 157 Å². The third-order valence-corrected chi connectivity index (χ3v) is 5.88. The van der Waals surface area contributed by atoms with Crippen LogP contribution in [0.25, 0.3) is 0 Å². The molecule has 0 radical (unpaired) electrons. The molecule has 2 nitrogen and oxygen atoms in total. The largest absolute Gasteiger partial charge is 0.187 e. The van der Waals surface area contributed by atoms with Crippen molar-refractivity contribution < 1.29 is 0 Å². The average molecular weight is 395 g/mol. The Kier molecular flexibility index (Phi) is 17.2. The molecule has 0 unspecified atom stereocenters. The van der Waals surface area contributed by atoms with Gasteiger partial charge in [-0.25, -0.2) is 0 Å². The van der Waals surface area contributed by atoms with Crippen LogP contribution in [0, 0.1) is 0 Å². The molecule has 0 aliphatic heterocycles. The highest BCUT2D eigenvalue weighted by molar-refractivity contribution is 4.80. The molecule has 28 heavy (non-hydrogen) atoms. The highest BCUT2D eigenvalue weighted by Gasteiger charge is 2.20. The third-order valence-electron chi connectivity index (χ3n) is 5.88. The summed E-state index contributed by atoms with van der Waals surface area (Å²) < 4.78 is 0. The van der Waals surface area contributed by atoms with Gasteiger partial charge in [-0.15, -0.1) is 0 Å². The molecule has 168 valence electrons. The lowest BCUT2D eigenvalue weighted by molar-refractivity contribution is 0.367. The Morgan fingerprint density at radius 2 is 0.643 bits per heavy atom. The van der Waals surface area contributed by atoms with E-state index in [2.05, 4.69) is 41.5 Å². The van der Waals surface area contributed by atoms with Crippen molar-refractivity contribution in [2.24, 2.45) is 10.2 Å². The van der Waals surface area contributed by atoms with Gasteiger partial charge in [0, 0.05) is 0 Å². The Hall–Kier alpha value is -0.400. The van der Waals surface area contributed by atoms with Crippen molar-refractivity contribution in [2.45, 2.75) is 168 Å². The van der Waals surface area contributed by atoms with Crippen LogP contribution in [0.3, 0.4) is 0 Å². The predicted molar refractivity (Wildman–Crippen MR) is 127 cm³/mol. The third kappa shape index (κ3) is 18.9. The highest BCUT2D eigenvalue weighted by atomic mass is 15.2. The van der Waals surface area contributed by atoms with E-state index in [4.69, 9.17) is 10.2 Å². The lowest BCUT2D eigenvalue weighted by Gasteiger charge is -2.23. The quantitative estimate of drug-likeness (QED) is 0.145. The predicted octanol–water partition coefficient (Wildman–Crippen LogP) is 10.1. The second-order valence-electron chi connectivity index (χ2n) is 10.3. The van der Waals surface area contributed by atoms with Crippen molar-refractivity contribution in [2.75, 3.05) is 0 Å². The number of hydrogen-bond acceptors (Lipinski definition) is 2. The van der Waals surface area contributed by atoms with Gasteiger partial charge in [-0.2, -0.15) is 10.2 Å². The number of nitrogens with zero attached hydrogens (tertiary/aromatic N) is 2. The zero-order valence-corrected chi connectivity index (χ0v) is 20.6. The van der Waals surface area contributed by atoms with E-state index in [1.54, 1.807) is 0 Å². The van der Waals surface area contributed by atoms with Gasteiger partial charge in [0.05, 0.1) is 11.1 Å². The molecule has 2 heteroatoms. The minimum atomic E-state index is -0.00123. The van der Waals surface area contributed by atoms with Crippen molar-refractivity contribution in [3.05, 3.63) is 0 Å². The van der Waals surface area contributed by atoms with E-state index < -0.39 is 0 Å². The fraction of sp³-hybridized carbons (Fsp3) is 1.00. The number of azo groups is 1. The molecular weight excluding hydrogens is 340 g/mol. The summed E-state index contributed by atoms with van der Waals surface area (Å²) in [6.45, 7) is 13.6. The lowest BCUT2D eigenvalue weighted by atomic mass is 9.96. The van der Waals surface area contributed by atoms with E-state index in [1.807, 2.05) is 0 Å². The van der Waals surface area contributed by atoms with Crippen LogP contribution >= 0.6 is 0 Å². The standard InChI is InChI=1S/C26H54N2/c1-7-9-11-13-15-17-19-21-23-25(3,4)27-28-26(5,6)24-22-20-18-16-14-12-10-8-2/h7-24H2,1-6H3. The van der Waals surface area contributed by atoms with Crippen molar-refractivity contribution in [1.82, 2.24) is 0 Å². The minimum absolute atomic E-state index is 0.00123. The van der Waals surface area contributed by atoms with E-state index in [0.717, 1.165) is 0 Å². The highest BCUT2D eigenvalue weighted by Crippen LogP contribution is 2.25. The Balaban J connectivity index is 3.83. The summed E-state index contributed by atoms with van der Waals surface area (Å²) >= 11 is 0. The molecule has 0 aromatic heterocycles. The fourth-order valence-electron chi connectivity index (χ4n) is 3.75. The maximum Gasteiger partial charge on any atom is 0.0760 e. The molecule has 0 aromatic rings. The topological polar surface area (TPSA) is 24.7 Å². The molecule has 0 fully saturated rings. The first-order chi connectivity index (χ1) is 13.3. The van der Waals surface area contributed by atoms with Gasteiger partial charge < -0.3 is 0 Å². The van der Waals surface area contributed by atoms with E-state index in [0.29, 0.717) is 0 Å². The molecule has 0 rings (SSSR count). The molecule has 0 heterocycles. The van der Waals surface area contributed by atoms with E-state index in [-0.39, 0.29) is 11.1 Å². The Labute approximate surface area is 178 Å². The van der Waals surface area contributed by atoms with Crippen LogP contribution < -0.4 is 0 Å². The molecular formula is C26H54N2. The summed E-state index contributed by atoms with van der Waals surface area (Å²) in [6, 6.07) is 0. The maximum absolute atomic E-state index is 4.76. The number of hydrogen-bond donors (Lipinski definition) is 0. The zero-order valence-electron chi connectivity index (χ0n) is 20.6. The van der Waals surface area contributed by atoms with Crippen molar-refractivity contribution >= 4 is 0 Å². The van der Waals surface area contributed by atoms with Crippen LogP contribution in [0.4, 0.5) is 0 Å². The first-order valence-electron chi connectivity index (χ1n) is 12.8. The van der Waals surface area contributed by atoms with Crippen molar-refractivity contribution in [3.63, 3.8) is 0 Å². The molecule has 0 saturated carbocycles. The minimum Gasteiger partial charge on any atom is -0.187 e. The normalized spacial score (nSPS) is 12.9. The molecule has 0 aromatic carbocycles. The average Bonchev–Trinajstić information content (AvgIpc) is 2.65. The first-order valence-corrected chi connectivity index (χ1v) is 12.8. The second-order valence-corrected chi connectivity index (χ2v) is 10.3. The lowest BCUT2D eigenvalue weighted by Crippen LogP contribution is -2.21. The maximum atomic E-state index is 4.76. The van der Waals surface area contributed by atoms with E-state index in [1.165, 1.54) is 116 Å². The summed E-state index contributed by atoms with van der Waals surface area (Å²) in [7, 11) is 0. The van der Waals surface area contributed by atoms with Gasteiger partial charge in [-0.3, -0.25) is 0 Å². The summed E-state index contributed by atoms with van der Waals surface area (Å²) in [5, 5.41) is 9.52. The molecule has 0 amide bonds. The van der Waals surface area contributed by atoms with Crippen LogP contribution in [-0.4, -0.2) is 11.1 Å². The SMILES string of the molecule is CCCCCCCCCCC(C)(C)N=NC(C)(C)CCCCCCCCCC. The molecule has 0 aliphatic carbocycles. The van der Waals surface area contributed by atoms with Crippen LogP contribution in [0.5, 0.6) is 0 Å². The first kappa shape index (κ1) is 27.6. The van der Waals surface area contributed by atoms with Gasteiger partial charge in [0.1, 0.15) is 0 Å². The summed E-state index contributed by atoms with van der Waals surface area (Å²) in [5.41, 5.74) is -0.00246. The smallest absolute Gasteiger partial charge is 0.0760 e. The second kappa shape index (κ2) is 17.5.